The fourth-order valence-electron chi connectivity index (χ4n) is 1.44. The average Bonchev–Trinajstić information content (AvgIpc) is 2.34. The van der Waals surface area contributed by atoms with Gasteiger partial charge in [-0.2, -0.15) is 0 Å². The highest BCUT2D eigenvalue weighted by Crippen LogP contribution is 2.25. The van der Waals surface area contributed by atoms with Crippen LogP contribution in [0.15, 0.2) is 22.7 Å². The summed E-state index contributed by atoms with van der Waals surface area (Å²) in [5.74, 6) is -1.47. The Labute approximate surface area is 124 Å². The largest absolute Gasteiger partial charge is 0.483 e. The Bertz CT molecular complexity index is 495. The lowest BCUT2D eigenvalue weighted by molar-refractivity contribution is -0.138. The quantitative estimate of drug-likeness (QED) is 0.792. The van der Waals surface area contributed by atoms with Crippen LogP contribution in [-0.4, -0.2) is 30.1 Å². The third-order valence-electron chi connectivity index (χ3n) is 2.42. The van der Waals surface area contributed by atoms with E-state index in [0.29, 0.717) is 10.2 Å². The highest BCUT2D eigenvalue weighted by atomic mass is 79.9. The summed E-state index contributed by atoms with van der Waals surface area (Å²) in [5, 5.41) is 11.2. The van der Waals surface area contributed by atoms with Crippen molar-refractivity contribution in [1.29, 1.82) is 0 Å². The van der Waals surface area contributed by atoms with Crippen molar-refractivity contribution in [3.63, 3.8) is 0 Å². The smallest absolute Gasteiger partial charge is 0.303 e. The van der Waals surface area contributed by atoms with Crippen molar-refractivity contribution in [3.05, 3.63) is 28.5 Å². The number of benzene rings is 1. The third-order valence-corrected chi connectivity index (χ3v) is 3.04. The van der Waals surface area contributed by atoms with Crippen molar-refractivity contribution < 1.29 is 23.8 Å². The van der Waals surface area contributed by atoms with Crippen LogP contribution in [0.4, 0.5) is 4.39 Å². The number of carbonyl (C=O) groups excluding carboxylic acids is 1. The maximum Gasteiger partial charge on any atom is 0.303 e. The Morgan fingerprint density at radius 3 is 2.80 bits per heavy atom. The van der Waals surface area contributed by atoms with Crippen LogP contribution in [0.25, 0.3) is 0 Å². The van der Waals surface area contributed by atoms with E-state index in [-0.39, 0.29) is 31.4 Å². The molecule has 1 unspecified atom stereocenters. The van der Waals surface area contributed by atoms with Gasteiger partial charge in [-0.15, -0.1) is 0 Å². The SMILES string of the molecule is CC(CNC(=O)COc1ccc(F)cc1Br)CC(=O)O. The summed E-state index contributed by atoms with van der Waals surface area (Å²) in [6, 6.07) is 3.88. The van der Waals surface area contributed by atoms with E-state index in [1.165, 1.54) is 18.2 Å². The zero-order valence-electron chi connectivity index (χ0n) is 10.9. The molecule has 1 rings (SSSR count). The lowest BCUT2D eigenvalue weighted by Crippen LogP contribution is -2.33. The molecular weight excluding hydrogens is 333 g/mol. The Morgan fingerprint density at radius 1 is 1.50 bits per heavy atom. The van der Waals surface area contributed by atoms with Gasteiger partial charge in [-0.05, 0) is 40.0 Å². The Kier molecular flexibility index (Phi) is 6.44. The molecule has 0 spiro atoms. The topological polar surface area (TPSA) is 75.6 Å². The zero-order valence-corrected chi connectivity index (χ0v) is 12.4. The molecule has 2 N–H and O–H groups in total. The standard InChI is InChI=1S/C13H15BrFNO4/c1-8(4-13(18)19)6-16-12(17)7-20-11-3-2-9(15)5-10(11)14/h2-3,5,8H,4,6-7H2,1H3,(H,16,17)(H,18,19). The molecule has 0 bridgehead atoms. The highest BCUT2D eigenvalue weighted by Gasteiger charge is 2.10. The number of carboxylic acids is 1. The highest BCUT2D eigenvalue weighted by molar-refractivity contribution is 9.10. The van der Waals surface area contributed by atoms with Crippen molar-refractivity contribution in [2.24, 2.45) is 5.92 Å². The van der Waals surface area contributed by atoms with Crippen LogP contribution < -0.4 is 10.1 Å². The summed E-state index contributed by atoms with van der Waals surface area (Å²) in [5.41, 5.74) is 0. The molecule has 0 radical (unpaired) electrons. The monoisotopic (exact) mass is 347 g/mol. The van der Waals surface area contributed by atoms with Crippen molar-refractivity contribution in [3.8, 4) is 5.75 Å². The molecule has 0 aromatic heterocycles. The summed E-state index contributed by atoms with van der Waals surface area (Å²) in [4.78, 5) is 22.0. The van der Waals surface area contributed by atoms with Gasteiger partial charge in [0.2, 0.25) is 0 Å². The maximum atomic E-state index is 12.8. The number of carboxylic acid groups (broad SMARTS) is 1. The molecule has 7 heteroatoms. The molecule has 0 heterocycles. The van der Waals surface area contributed by atoms with Gasteiger partial charge >= 0.3 is 5.97 Å². The van der Waals surface area contributed by atoms with Crippen LogP contribution in [0.5, 0.6) is 5.75 Å². The van der Waals surface area contributed by atoms with Crippen LogP contribution in [-0.2, 0) is 9.59 Å². The van der Waals surface area contributed by atoms with Gasteiger partial charge in [0.25, 0.3) is 5.91 Å². The first-order valence-electron chi connectivity index (χ1n) is 5.95. The molecule has 0 saturated carbocycles. The second kappa shape index (κ2) is 7.84. The summed E-state index contributed by atoms with van der Waals surface area (Å²) in [7, 11) is 0. The average molecular weight is 348 g/mol. The van der Waals surface area contributed by atoms with Gasteiger partial charge in [-0.1, -0.05) is 6.92 Å². The molecule has 5 nitrogen and oxygen atoms in total. The molecule has 110 valence electrons. The van der Waals surface area contributed by atoms with Gasteiger partial charge in [-0.25, -0.2) is 4.39 Å². The van der Waals surface area contributed by atoms with E-state index in [1.807, 2.05) is 0 Å². The summed E-state index contributed by atoms with van der Waals surface area (Å²) < 4.78 is 18.5. The summed E-state index contributed by atoms with van der Waals surface area (Å²) >= 11 is 3.12. The molecule has 1 aromatic rings. The number of hydrogen-bond acceptors (Lipinski definition) is 3. The van der Waals surface area contributed by atoms with Crippen LogP contribution >= 0.6 is 15.9 Å². The third kappa shape index (κ3) is 6.01. The fourth-order valence-corrected chi connectivity index (χ4v) is 1.91. The first kappa shape index (κ1) is 16.4. The number of rotatable bonds is 7. The van der Waals surface area contributed by atoms with Gasteiger partial charge in [0.05, 0.1) is 4.47 Å². The molecule has 0 aliphatic carbocycles. The van der Waals surface area contributed by atoms with E-state index >= 15 is 0 Å². The lowest BCUT2D eigenvalue weighted by atomic mass is 10.1. The predicted molar refractivity (Wildman–Crippen MR) is 74.0 cm³/mol. The molecular formula is C13H15BrFNO4. The van der Waals surface area contributed by atoms with Gasteiger partial charge < -0.3 is 15.2 Å². The van der Waals surface area contributed by atoms with Crippen LogP contribution in [0.3, 0.4) is 0 Å². The van der Waals surface area contributed by atoms with E-state index < -0.39 is 11.8 Å². The van der Waals surface area contributed by atoms with E-state index in [9.17, 15) is 14.0 Å². The molecule has 1 amide bonds. The first-order valence-corrected chi connectivity index (χ1v) is 6.74. The maximum absolute atomic E-state index is 12.8. The molecule has 0 aliphatic heterocycles. The van der Waals surface area contributed by atoms with Crippen LogP contribution in [0, 0.1) is 11.7 Å². The number of nitrogens with one attached hydrogen (secondary N) is 1. The minimum Gasteiger partial charge on any atom is -0.483 e. The van der Waals surface area contributed by atoms with E-state index in [2.05, 4.69) is 21.2 Å². The van der Waals surface area contributed by atoms with Crippen LogP contribution in [0.1, 0.15) is 13.3 Å². The zero-order chi connectivity index (χ0) is 15.1. The number of hydrogen-bond donors (Lipinski definition) is 2. The molecule has 20 heavy (non-hydrogen) atoms. The summed E-state index contributed by atoms with van der Waals surface area (Å²) in [6.45, 7) is 1.77. The van der Waals surface area contributed by atoms with Crippen molar-refractivity contribution >= 4 is 27.8 Å². The fraction of sp³-hybridized carbons (Fsp3) is 0.385. The first-order chi connectivity index (χ1) is 9.38. The molecule has 0 fully saturated rings. The van der Waals surface area contributed by atoms with Crippen LogP contribution in [0.2, 0.25) is 0 Å². The molecule has 0 aliphatic rings. The number of halogens is 2. The lowest BCUT2D eigenvalue weighted by Gasteiger charge is -2.11. The molecule has 0 saturated heterocycles. The summed E-state index contributed by atoms with van der Waals surface area (Å²) in [6.07, 6.45) is -0.00928. The van der Waals surface area contributed by atoms with Crippen molar-refractivity contribution in [1.82, 2.24) is 5.32 Å². The van der Waals surface area contributed by atoms with E-state index in [1.54, 1.807) is 6.92 Å². The minimum atomic E-state index is -0.904. The Morgan fingerprint density at radius 2 is 2.20 bits per heavy atom. The van der Waals surface area contributed by atoms with Gasteiger partial charge in [0.15, 0.2) is 6.61 Å². The molecule has 1 atom stereocenters. The van der Waals surface area contributed by atoms with E-state index in [4.69, 9.17) is 9.84 Å². The van der Waals surface area contributed by atoms with Gasteiger partial charge in [0.1, 0.15) is 11.6 Å². The molecule has 1 aromatic carbocycles. The van der Waals surface area contributed by atoms with E-state index in [0.717, 1.165) is 0 Å². The predicted octanol–water partition coefficient (Wildman–Crippen LogP) is 2.19. The number of amides is 1. The van der Waals surface area contributed by atoms with Crippen molar-refractivity contribution in [2.75, 3.05) is 13.2 Å². The minimum absolute atomic E-state index is 0.00928. The van der Waals surface area contributed by atoms with Crippen molar-refractivity contribution in [2.45, 2.75) is 13.3 Å². The second-order valence-electron chi connectivity index (χ2n) is 4.37. The number of ether oxygens (including phenoxy) is 1. The normalized spacial score (nSPS) is 11.8. The Balaban J connectivity index is 2.34. The number of carbonyl (C=O) groups is 2. The number of aliphatic carboxylic acids is 1. The van der Waals surface area contributed by atoms with Gasteiger partial charge in [0, 0.05) is 13.0 Å². The van der Waals surface area contributed by atoms with Gasteiger partial charge in [-0.3, -0.25) is 9.59 Å². The Hall–Kier alpha value is -1.63. The second-order valence-corrected chi connectivity index (χ2v) is 5.22.